The maximum atomic E-state index is 11.0. The lowest BCUT2D eigenvalue weighted by Crippen LogP contribution is -2.12. The van der Waals surface area contributed by atoms with Gasteiger partial charge in [0.05, 0.1) is 28.1 Å². The molecule has 0 aliphatic rings. The maximum absolute atomic E-state index is 11.0. The first-order valence-electron chi connectivity index (χ1n) is 8.05. The van der Waals surface area contributed by atoms with Crippen LogP contribution in [0.4, 0.5) is 10.5 Å². The number of hydrogen-bond donors (Lipinski definition) is 2. The first-order valence-corrected chi connectivity index (χ1v) is 8.92. The minimum atomic E-state index is -1.11. The highest BCUT2D eigenvalue weighted by Crippen LogP contribution is 2.27. The highest BCUT2D eigenvalue weighted by molar-refractivity contribution is 7.13. The molecule has 0 aromatic carbocycles. The van der Waals surface area contributed by atoms with Crippen molar-refractivity contribution in [3.63, 3.8) is 0 Å². The molecule has 2 N–H and O–H groups in total. The summed E-state index contributed by atoms with van der Waals surface area (Å²) in [6.07, 6.45) is 4.77. The summed E-state index contributed by atoms with van der Waals surface area (Å²) in [5.41, 5.74) is 3.09. The Kier molecular flexibility index (Phi) is 5.08. The Balaban J connectivity index is 2.05. The fraction of sp³-hybridized carbons (Fsp3) is 0.294. The molecule has 0 saturated heterocycles. The number of rotatable bonds is 6. The molecule has 3 aromatic heterocycles. The summed E-state index contributed by atoms with van der Waals surface area (Å²) in [6.45, 7) is 4.06. The largest absolute Gasteiger partial charge is 0.465 e. The van der Waals surface area contributed by atoms with Crippen LogP contribution in [-0.2, 0) is 6.42 Å². The molecule has 25 heavy (non-hydrogen) atoms. The van der Waals surface area contributed by atoms with Crippen molar-refractivity contribution in [2.45, 2.75) is 33.1 Å². The lowest BCUT2D eigenvalue weighted by molar-refractivity contribution is 0.209. The van der Waals surface area contributed by atoms with Crippen LogP contribution in [0.15, 0.2) is 29.9 Å². The molecule has 7 nitrogen and oxygen atoms in total. The van der Waals surface area contributed by atoms with Crippen LogP contribution < -0.4 is 5.32 Å². The molecule has 0 fully saturated rings. The van der Waals surface area contributed by atoms with E-state index < -0.39 is 6.09 Å². The summed E-state index contributed by atoms with van der Waals surface area (Å²) in [6, 6.07) is 4.00. The number of nitrogens with zero attached hydrogens (tertiary/aromatic N) is 4. The molecule has 0 radical (unpaired) electrons. The van der Waals surface area contributed by atoms with E-state index in [1.165, 1.54) is 6.20 Å². The summed E-state index contributed by atoms with van der Waals surface area (Å²) in [4.78, 5) is 21.1. The van der Waals surface area contributed by atoms with Gasteiger partial charge in [-0.3, -0.25) is 5.32 Å². The van der Waals surface area contributed by atoms with E-state index in [-0.39, 0.29) is 0 Å². The number of aryl methyl sites for hydroxylation is 1. The Labute approximate surface area is 149 Å². The zero-order chi connectivity index (χ0) is 17.8. The summed E-state index contributed by atoms with van der Waals surface area (Å²) in [5, 5.41) is 17.7. The van der Waals surface area contributed by atoms with Gasteiger partial charge in [0.2, 0.25) is 0 Å². The van der Waals surface area contributed by atoms with Gasteiger partial charge in [-0.15, -0.1) is 11.3 Å². The van der Waals surface area contributed by atoms with Crippen molar-refractivity contribution >= 4 is 23.1 Å². The van der Waals surface area contributed by atoms with Crippen LogP contribution in [0.1, 0.15) is 31.0 Å². The van der Waals surface area contributed by atoms with Gasteiger partial charge in [-0.2, -0.15) is 5.10 Å². The topological polar surface area (TPSA) is 92.9 Å². The third-order valence-electron chi connectivity index (χ3n) is 3.78. The molecule has 130 valence electrons. The molecule has 3 rings (SSSR count). The number of nitrogens with one attached hydrogen (secondary N) is 1. The normalized spacial score (nSPS) is 10.8. The van der Waals surface area contributed by atoms with E-state index in [0.717, 1.165) is 34.7 Å². The molecular weight excluding hydrogens is 338 g/mol. The Bertz CT molecular complexity index is 873. The van der Waals surface area contributed by atoms with Crippen molar-refractivity contribution in [1.29, 1.82) is 0 Å². The molecule has 8 heteroatoms. The average Bonchev–Trinajstić information content (AvgIpc) is 3.23. The highest BCUT2D eigenvalue weighted by atomic mass is 32.1. The van der Waals surface area contributed by atoms with E-state index >= 15 is 0 Å². The van der Waals surface area contributed by atoms with Crippen LogP contribution in [0.3, 0.4) is 0 Å². The fourth-order valence-electron chi connectivity index (χ4n) is 2.55. The van der Waals surface area contributed by atoms with Gasteiger partial charge in [0.25, 0.3) is 5.95 Å². The minimum absolute atomic E-state index is 0.443. The molecular formula is C17H19N5O2S. The Hall–Kier alpha value is -2.74. The Morgan fingerprint density at radius 3 is 2.92 bits per heavy atom. The van der Waals surface area contributed by atoms with Crippen LogP contribution in [0.5, 0.6) is 0 Å². The van der Waals surface area contributed by atoms with Crippen LogP contribution in [0.2, 0.25) is 0 Å². The Morgan fingerprint density at radius 1 is 1.40 bits per heavy atom. The average molecular weight is 357 g/mol. The maximum Gasteiger partial charge on any atom is 0.409 e. The number of anilines is 1. The van der Waals surface area contributed by atoms with Crippen LogP contribution in [-0.4, -0.2) is 30.9 Å². The number of unbranched alkanes of at least 4 members (excludes halogenated alkanes) is 1. The number of thiophene rings is 1. The third kappa shape index (κ3) is 3.69. The van der Waals surface area contributed by atoms with Crippen LogP contribution >= 0.6 is 11.3 Å². The van der Waals surface area contributed by atoms with E-state index in [1.807, 2.05) is 24.4 Å². The molecule has 0 aliphatic carbocycles. The van der Waals surface area contributed by atoms with E-state index in [9.17, 15) is 4.79 Å². The predicted molar refractivity (Wildman–Crippen MR) is 97.5 cm³/mol. The monoisotopic (exact) mass is 357 g/mol. The van der Waals surface area contributed by atoms with Gasteiger partial charge in [-0.1, -0.05) is 19.4 Å². The van der Waals surface area contributed by atoms with Crippen LogP contribution in [0.25, 0.3) is 16.5 Å². The molecule has 3 aromatic rings. The van der Waals surface area contributed by atoms with Crippen molar-refractivity contribution < 1.29 is 9.90 Å². The zero-order valence-electron chi connectivity index (χ0n) is 14.1. The van der Waals surface area contributed by atoms with Crippen molar-refractivity contribution in [1.82, 2.24) is 19.7 Å². The third-order valence-corrected chi connectivity index (χ3v) is 4.66. The van der Waals surface area contributed by atoms with Gasteiger partial charge < -0.3 is 5.11 Å². The number of hydrogen-bond acceptors (Lipinski definition) is 5. The van der Waals surface area contributed by atoms with Crippen molar-refractivity contribution in [2.24, 2.45) is 0 Å². The minimum Gasteiger partial charge on any atom is -0.465 e. The van der Waals surface area contributed by atoms with E-state index in [4.69, 9.17) is 5.11 Å². The second-order valence-electron chi connectivity index (χ2n) is 5.63. The molecule has 1 amide bonds. The standard InChI is InChI=1S/C17H19N5O2S/c1-3-4-6-13-12(20-17(23)24)10-19-22(13)16-18-9-11(2)15(21-16)14-7-5-8-25-14/h5,7-10,20H,3-4,6H2,1-2H3,(H,23,24). The lowest BCUT2D eigenvalue weighted by atomic mass is 10.2. The van der Waals surface area contributed by atoms with Gasteiger partial charge in [-0.25, -0.2) is 19.4 Å². The van der Waals surface area contributed by atoms with Crippen LogP contribution in [0, 0.1) is 6.92 Å². The quantitative estimate of drug-likeness (QED) is 0.692. The fourth-order valence-corrected chi connectivity index (χ4v) is 3.33. The van der Waals surface area contributed by atoms with E-state index in [2.05, 4.69) is 27.3 Å². The predicted octanol–water partition coefficient (Wildman–Crippen LogP) is 4.13. The van der Waals surface area contributed by atoms with Gasteiger partial charge in [0, 0.05) is 6.20 Å². The van der Waals surface area contributed by atoms with Gasteiger partial charge in [0.1, 0.15) is 0 Å². The molecule has 3 heterocycles. The molecule has 0 unspecified atom stereocenters. The molecule has 0 saturated carbocycles. The zero-order valence-corrected chi connectivity index (χ0v) is 14.9. The number of amides is 1. The second kappa shape index (κ2) is 7.43. The molecule has 0 aliphatic heterocycles. The van der Waals surface area contributed by atoms with Crippen molar-refractivity contribution in [2.75, 3.05) is 5.32 Å². The molecule has 0 atom stereocenters. The molecule has 0 bridgehead atoms. The summed E-state index contributed by atoms with van der Waals surface area (Å²) in [5.74, 6) is 0.443. The summed E-state index contributed by atoms with van der Waals surface area (Å²) in [7, 11) is 0. The van der Waals surface area contributed by atoms with E-state index in [1.54, 1.807) is 22.2 Å². The summed E-state index contributed by atoms with van der Waals surface area (Å²) >= 11 is 1.62. The lowest BCUT2D eigenvalue weighted by Gasteiger charge is -2.10. The number of aromatic nitrogens is 4. The highest BCUT2D eigenvalue weighted by Gasteiger charge is 2.17. The Morgan fingerprint density at radius 2 is 2.24 bits per heavy atom. The van der Waals surface area contributed by atoms with Crippen molar-refractivity contribution in [3.05, 3.63) is 41.2 Å². The smallest absolute Gasteiger partial charge is 0.409 e. The van der Waals surface area contributed by atoms with Gasteiger partial charge >= 0.3 is 6.09 Å². The SMILES string of the molecule is CCCCc1c(NC(=O)O)cnn1-c1ncc(C)c(-c2cccs2)n1. The number of carbonyl (C=O) groups is 1. The second-order valence-corrected chi connectivity index (χ2v) is 6.58. The van der Waals surface area contributed by atoms with Gasteiger partial charge in [0.15, 0.2) is 0 Å². The first-order chi connectivity index (χ1) is 12.1. The van der Waals surface area contributed by atoms with Crippen molar-refractivity contribution in [3.8, 4) is 16.5 Å². The van der Waals surface area contributed by atoms with E-state index in [0.29, 0.717) is 18.1 Å². The van der Waals surface area contributed by atoms with Gasteiger partial charge in [-0.05, 0) is 36.8 Å². The summed E-state index contributed by atoms with van der Waals surface area (Å²) < 4.78 is 1.62. The first kappa shape index (κ1) is 17.1. The molecule has 0 spiro atoms. The number of carboxylic acid groups (broad SMARTS) is 1.